The topological polar surface area (TPSA) is 111 Å². The second-order valence-corrected chi connectivity index (χ2v) is 5.33. The number of hydrazine groups is 1. The molecular weight excluding hydrogens is 441 g/mol. The van der Waals surface area contributed by atoms with Crippen molar-refractivity contribution in [3.05, 3.63) is 0 Å². The van der Waals surface area contributed by atoms with E-state index in [1.165, 1.54) is 0 Å². The number of rotatable bonds is 3. The predicted molar refractivity (Wildman–Crippen MR) is 66.5 cm³/mol. The van der Waals surface area contributed by atoms with Crippen molar-refractivity contribution in [2.45, 2.75) is 30.7 Å². The first-order valence-electron chi connectivity index (χ1n) is 6.93. The van der Waals surface area contributed by atoms with Crippen LogP contribution >= 0.6 is 0 Å². The van der Waals surface area contributed by atoms with Gasteiger partial charge in [0.05, 0.1) is 0 Å². The first kappa shape index (κ1) is 24.7. The summed E-state index contributed by atoms with van der Waals surface area (Å²) < 4.78 is 124. The Labute approximate surface area is 154 Å². The standard InChI is InChI=1S/C11H10F9N3O6/c1-22-2-3-23(21)11(28-6(25)9(15,16)17,29-7(26)10(18,19)20)4(22)27-5(24)8(12,13)14/h4H,2-3,21H2,1H3. The minimum Gasteiger partial charge on any atom is -0.429 e. The molecule has 1 aliphatic heterocycles. The first-order chi connectivity index (χ1) is 12.8. The van der Waals surface area contributed by atoms with Crippen LogP contribution in [0.2, 0.25) is 0 Å². The van der Waals surface area contributed by atoms with Crippen LogP contribution in [0.4, 0.5) is 39.5 Å². The maximum Gasteiger partial charge on any atom is 0.491 e. The Kier molecular flexibility index (Phi) is 6.66. The highest BCUT2D eigenvalue weighted by atomic mass is 19.4. The fourth-order valence-electron chi connectivity index (χ4n) is 1.91. The van der Waals surface area contributed by atoms with Gasteiger partial charge >= 0.3 is 42.3 Å². The molecule has 1 atom stereocenters. The average Bonchev–Trinajstić information content (AvgIpc) is 2.52. The van der Waals surface area contributed by atoms with E-state index in [4.69, 9.17) is 5.84 Å². The van der Waals surface area contributed by atoms with Gasteiger partial charge in [0.15, 0.2) is 0 Å². The molecule has 0 radical (unpaired) electrons. The second-order valence-electron chi connectivity index (χ2n) is 5.33. The van der Waals surface area contributed by atoms with Gasteiger partial charge in [-0.1, -0.05) is 0 Å². The molecule has 1 fully saturated rings. The highest BCUT2D eigenvalue weighted by Gasteiger charge is 2.64. The van der Waals surface area contributed by atoms with Gasteiger partial charge in [-0.3, -0.25) is 10.7 Å². The van der Waals surface area contributed by atoms with Gasteiger partial charge in [-0.25, -0.2) is 14.4 Å². The van der Waals surface area contributed by atoms with Crippen LogP contribution in [-0.2, 0) is 28.6 Å². The minimum absolute atomic E-state index is 0.255. The third-order valence-electron chi connectivity index (χ3n) is 3.20. The lowest BCUT2D eigenvalue weighted by atomic mass is 10.2. The molecule has 168 valence electrons. The van der Waals surface area contributed by atoms with Crippen LogP contribution in [0.1, 0.15) is 0 Å². The molecule has 0 amide bonds. The van der Waals surface area contributed by atoms with E-state index in [1.807, 2.05) is 0 Å². The number of piperazine rings is 1. The summed E-state index contributed by atoms with van der Waals surface area (Å²) in [5, 5.41) is -0.255. The number of likely N-dealkylation sites (N-methyl/N-ethyl adjacent to an activating group) is 1. The summed E-state index contributed by atoms with van der Waals surface area (Å²) in [5.74, 6) is -8.59. The number of hydrogen-bond acceptors (Lipinski definition) is 9. The molecule has 2 N–H and O–H groups in total. The van der Waals surface area contributed by atoms with Crippen molar-refractivity contribution < 1.29 is 68.1 Å². The van der Waals surface area contributed by atoms with E-state index in [1.54, 1.807) is 0 Å². The molecule has 0 spiro atoms. The maximum atomic E-state index is 12.6. The Morgan fingerprint density at radius 3 is 1.55 bits per heavy atom. The molecule has 29 heavy (non-hydrogen) atoms. The van der Waals surface area contributed by atoms with Crippen molar-refractivity contribution in [2.24, 2.45) is 5.84 Å². The molecule has 0 aromatic carbocycles. The lowest BCUT2D eigenvalue weighted by Crippen LogP contribution is -2.74. The molecule has 1 unspecified atom stereocenters. The van der Waals surface area contributed by atoms with Crippen LogP contribution < -0.4 is 5.84 Å². The number of carbonyl (C=O) groups is 3. The summed E-state index contributed by atoms with van der Waals surface area (Å²) in [4.78, 5) is 33.8. The Morgan fingerprint density at radius 1 is 0.828 bits per heavy atom. The molecule has 18 heteroatoms. The quantitative estimate of drug-likeness (QED) is 0.282. The van der Waals surface area contributed by atoms with E-state index < -0.39 is 61.7 Å². The normalized spacial score (nSPS) is 21.4. The second kappa shape index (κ2) is 7.82. The third kappa shape index (κ3) is 5.60. The molecule has 0 aliphatic carbocycles. The number of alkyl halides is 9. The fourth-order valence-corrected chi connectivity index (χ4v) is 1.91. The number of halogens is 9. The molecule has 1 heterocycles. The number of nitrogens with zero attached hydrogens (tertiary/aromatic N) is 2. The van der Waals surface area contributed by atoms with Gasteiger partial charge in [-0.2, -0.15) is 44.5 Å². The number of nitrogens with two attached hydrogens (primary N) is 1. The zero-order valence-corrected chi connectivity index (χ0v) is 13.8. The van der Waals surface area contributed by atoms with Crippen LogP contribution in [0.15, 0.2) is 0 Å². The van der Waals surface area contributed by atoms with Crippen molar-refractivity contribution in [3.63, 3.8) is 0 Å². The third-order valence-corrected chi connectivity index (χ3v) is 3.20. The number of esters is 3. The molecule has 1 aliphatic rings. The molecule has 0 aromatic heterocycles. The van der Waals surface area contributed by atoms with Crippen LogP contribution in [0.5, 0.6) is 0 Å². The summed E-state index contributed by atoms with van der Waals surface area (Å²) in [6.07, 6.45) is -20.6. The highest BCUT2D eigenvalue weighted by Crippen LogP contribution is 2.35. The Morgan fingerprint density at radius 2 is 1.21 bits per heavy atom. The summed E-state index contributed by atoms with van der Waals surface area (Å²) in [7, 11) is 0.749. The van der Waals surface area contributed by atoms with Gasteiger partial charge in [0, 0.05) is 13.1 Å². The zero-order valence-electron chi connectivity index (χ0n) is 13.8. The first-order valence-corrected chi connectivity index (χ1v) is 6.93. The van der Waals surface area contributed by atoms with Gasteiger partial charge in [-0.15, -0.1) is 0 Å². The highest BCUT2D eigenvalue weighted by molar-refractivity contribution is 5.79. The van der Waals surface area contributed by atoms with E-state index in [0.717, 1.165) is 7.05 Å². The number of carbonyl (C=O) groups excluding carboxylic acids is 3. The monoisotopic (exact) mass is 451 g/mol. The Balaban J connectivity index is 3.51. The van der Waals surface area contributed by atoms with Gasteiger partial charge in [0.1, 0.15) is 0 Å². The van der Waals surface area contributed by atoms with Crippen LogP contribution in [0.3, 0.4) is 0 Å². The van der Waals surface area contributed by atoms with Crippen molar-refractivity contribution in [2.75, 3.05) is 20.1 Å². The molecule has 0 bridgehead atoms. The lowest BCUT2D eigenvalue weighted by molar-refractivity contribution is -0.379. The Hall–Kier alpha value is -2.34. The average molecular weight is 451 g/mol. The van der Waals surface area contributed by atoms with E-state index in [2.05, 4.69) is 14.2 Å². The SMILES string of the molecule is CN1CCN(N)C(OC(=O)C(F)(F)F)(OC(=O)C(F)(F)F)C1OC(=O)C(F)(F)F. The lowest BCUT2D eigenvalue weighted by Gasteiger charge is -2.48. The van der Waals surface area contributed by atoms with Crippen LogP contribution in [-0.4, -0.2) is 78.6 Å². The molecule has 0 saturated carbocycles. The minimum atomic E-state index is -5.91. The molecule has 1 saturated heterocycles. The van der Waals surface area contributed by atoms with Crippen molar-refractivity contribution in [1.82, 2.24) is 9.91 Å². The smallest absolute Gasteiger partial charge is 0.429 e. The van der Waals surface area contributed by atoms with Crippen molar-refractivity contribution >= 4 is 17.9 Å². The van der Waals surface area contributed by atoms with Gasteiger partial charge in [-0.05, 0) is 7.05 Å². The number of hydrogen-bond donors (Lipinski definition) is 1. The van der Waals surface area contributed by atoms with E-state index in [-0.39, 0.29) is 5.01 Å². The summed E-state index contributed by atoms with van der Waals surface area (Å²) in [5.41, 5.74) is 0. The van der Waals surface area contributed by atoms with Crippen molar-refractivity contribution in [1.29, 1.82) is 0 Å². The van der Waals surface area contributed by atoms with Crippen molar-refractivity contribution in [3.8, 4) is 0 Å². The summed E-state index contributed by atoms with van der Waals surface area (Å²) in [6.45, 7) is -1.33. The molecule has 0 aromatic rings. The van der Waals surface area contributed by atoms with Crippen LogP contribution in [0.25, 0.3) is 0 Å². The Bertz CT molecular complexity index is 634. The largest absolute Gasteiger partial charge is 0.491 e. The van der Waals surface area contributed by atoms with E-state index in [0.29, 0.717) is 4.90 Å². The maximum absolute atomic E-state index is 12.6. The molecule has 1 rings (SSSR count). The van der Waals surface area contributed by atoms with Gasteiger partial charge in [0.2, 0.25) is 0 Å². The van der Waals surface area contributed by atoms with Gasteiger partial charge in [0.25, 0.3) is 6.23 Å². The predicted octanol–water partition coefficient (Wildman–Crippen LogP) is 0.404. The van der Waals surface area contributed by atoms with E-state index in [9.17, 15) is 53.9 Å². The molecular formula is C11H10F9N3O6. The summed E-state index contributed by atoms with van der Waals surface area (Å²) >= 11 is 0. The summed E-state index contributed by atoms with van der Waals surface area (Å²) in [6, 6.07) is 0. The zero-order chi connectivity index (χ0) is 23.0. The van der Waals surface area contributed by atoms with E-state index >= 15 is 0 Å². The number of ether oxygens (including phenoxy) is 3. The fraction of sp³-hybridized carbons (Fsp3) is 0.727. The van der Waals surface area contributed by atoms with Gasteiger partial charge < -0.3 is 14.2 Å². The molecule has 9 nitrogen and oxygen atoms in total. The van der Waals surface area contributed by atoms with Crippen LogP contribution in [0, 0.1) is 0 Å².